The average Bonchev–Trinajstić information content (AvgIpc) is 3.30. The van der Waals surface area contributed by atoms with Gasteiger partial charge in [-0.05, 0) is 90.6 Å². The Morgan fingerprint density at radius 1 is 1.02 bits per heavy atom. The molecule has 14 heteroatoms. The number of ether oxygens (including phenoxy) is 4. The molecule has 1 heterocycles. The van der Waals surface area contributed by atoms with E-state index in [9.17, 15) is 25.1 Å². The van der Waals surface area contributed by atoms with Crippen molar-refractivity contribution in [2.75, 3.05) is 38.9 Å². The number of non-ortho nitro benzene ring substituents is 1. The molecule has 0 aromatic heterocycles. The number of halogens is 1. The van der Waals surface area contributed by atoms with Crippen LogP contribution in [0.2, 0.25) is 0 Å². The van der Waals surface area contributed by atoms with Crippen molar-refractivity contribution in [3.8, 4) is 17.2 Å². The molecule has 0 saturated heterocycles. The predicted molar refractivity (Wildman–Crippen MR) is 241 cm³/mol. The molecule has 0 bridgehead atoms. The molecule has 1 aliphatic heterocycles. The number of benzene rings is 4. The lowest BCUT2D eigenvalue weighted by Gasteiger charge is -2.59. The summed E-state index contributed by atoms with van der Waals surface area (Å²) in [5, 5.41) is 38.3. The SMILES string of the molecule is C=CCOC12Oc3ccc(Oc4cccc([N+](=O)[O-])c4)cc3C3C(CCCCO)C(CCCCO)C=C(C(=NOCC)CC1N(Cc1cccc4ccccc14)C(=O)OCCCl)C32. The molecule has 1 amide bonds. The van der Waals surface area contributed by atoms with Gasteiger partial charge in [-0.25, -0.2) is 4.79 Å². The van der Waals surface area contributed by atoms with Crippen molar-refractivity contribution in [1.82, 2.24) is 4.90 Å². The number of hydrogen-bond donors (Lipinski definition) is 2. The first-order chi connectivity index (χ1) is 30.8. The fourth-order valence-corrected chi connectivity index (χ4v) is 9.85. The smallest absolute Gasteiger partial charge is 0.410 e. The van der Waals surface area contributed by atoms with Gasteiger partial charge in [0.15, 0.2) is 0 Å². The third-order valence-electron chi connectivity index (χ3n) is 12.3. The Kier molecular flexibility index (Phi) is 15.4. The van der Waals surface area contributed by atoms with E-state index < -0.39 is 28.8 Å². The van der Waals surface area contributed by atoms with Gasteiger partial charge in [-0.15, -0.1) is 18.2 Å². The van der Waals surface area contributed by atoms with Crippen molar-refractivity contribution in [2.45, 2.75) is 76.2 Å². The first-order valence-corrected chi connectivity index (χ1v) is 22.4. The normalized spacial score (nSPS) is 22.9. The Labute approximate surface area is 373 Å². The number of nitro groups is 1. The minimum atomic E-state index is -1.53. The minimum absolute atomic E-state index is 0.0137. The molecular formula is C49H56ClN3O10. The summed E-state index contributed by atoms with van der Waals surface area (Å²) in [6.45, 7) is 6.53. The number of hydrogen-bond acceptors (Lipinski definition) is 11. The number of allylic oxidation sites excluding steroid dienone is 1. The van der Waals surface area contributed by atoms with Crippen LogP contribution in [0.4, 0.5) is 10.5 Å². The van der Waals surface area contributed by atoms with Crippen molar-refractivity contribution in [3.05, 3.63) is 130 Å². The minimum Gasteiger partial charge on any atom is -0.459 e. The molecule has 4 aromatic carbocycles. The number of unbranched alkanes of at least 4 members (excludes halogenated alkanes) is 2. The van der Waals surface area contributed by atoms with Crippen LogP contribution < -0.4 is 9.47 Å². The van der Waals surface area contributed by atoms with Crippen LogP contribution >= 0.6 is 11.6 Å². The molecule has 0 radical (unpaired) electrons. The van der Waals surface area contributed by atoms with Crippen LogP contribution in [0.15, 0.2) is 114 Å². The Hall–Kier alpha value is -5.47. The number of aliphatic hydroxyl groups excluding tert-OH is 2. The Bertz CT molecular complexity index is 2300. The van der Waals surface area contributed by atoms with Crippen molar-refractivity contribution < 1.29 is 43.7 Å². The summed E-state index contributed by atoms with van der Waals surface area (Å²) in [7, 11) is 0. The molecule has 2 N–H and O–H groups in total. The number of oxime groups is 1. The van der Waals surface area contributed by atoms with E-state index in [1.165, 1.54) is 12.1 Å². The van der Waals surface area contributed by atoms with Crippen LogP contribution in [0.1, 0.15) is 68.9 Å². The highest BCUT2D eigenvalue weighted by molar-refractivity contribution is 6.18. The maximum atomic E-state index is 14.7. The highest BCUT2D eigenvalue weighted by atomic mass is 35.5. The number of alkyl halides is 1. The highest BCUT2D eigenvalue weighted by Gasteiger charge is 2.65. The maximum absolute atomic E-state index is 14.7. The van der Waals surface area contributed by atoms with E-state index in [1.54, 1.807) is 29.2 Å². The van der Waals surface area contributed by atoms with Crippen LogP contribution in [0, 0.1) is 27.9 Å². The van der Waals surface area contributed by atoms with Gasteiger partial charge < -0.3 is 34.0 Å². The number of amides is 1. The first-order valence-electron chi connectivity index (χ1n) is 21.9. The molecule has 0 spiro atoms. The van der Waals surface area contributed by atoms with Gasteiger partial charge in [0.2, 0.25) is 5.79 Å². The van der Waals surface area contributed by atoms with Gasteiger partial charge in [0.1, 0.15) is 36.5 Å². The fourth-order valence-electron chi connectivity index (χ4n) is 9.78. The lowest BCUT2D eigenvalue weighted by atomic mass is 9.55. The van der Waals surface area contributed by atoms with Crippen molar-refractivity contribution in [3.63, 3.8) is 0 Å². The third kappa shape index (κ3) is 9.87. The van der Waals surface area contributed by atoms with Crippen LogP contribution in [0.25, 0.3) is 10.8 Å². The zero-order valence-corrected chi connectivity index (χ0v) is 36.4. The molecular weight excluding hydrogens is 826 g/mol. The highest BCUT2D eigenvalue weighted by Crippen LogP contribution is 2.62. The topological polar surface area (TPSA) is 162 Å². The van der Waals surface area contributed by atoms with Crippen molar-refractivity contribution in [1.29, 1.82) is 0 Å². The summed E-state index contributed by atoms with van der Waals surface area (Å²) in [5.41, 5.74) is 3.18. The predicted octanol–water partition coefficient (Wildman–Crippen LogP) is 10.1. The lowest BCUT2D eigenvalue weighted by molar-refractivity contribution is -0.384. The van der Waals surface area contributed by atoms with E-state index in [4.69, 9.17) is 40.5 Å². The summed E-state index contributed by atoms with van der Waals surface area (Å²) in [6, 6.07) is 24.8. The average molecular weight is 882 g/mol. The van der Waals surface area contributed by atoms with E-state index in [0.717, 1.165) is 53.2 Å². The largest absolute Gasteiger partial charge is 0.459 e. The summed E-state index contributed by atoms with van der Waals surface area (Å²) in [4.78, 5) is 33.5. The van der Waals surface area contributed by atoms with Gasteiger partial charge >= 0.3 is 6.09 Å². The molecule has 63 heavy (non-hydrogen) atoms. The Balaban J connectivity index is 1.46. The molecule has 6 unspecified atom stereocenters. The molecule has 6 atom stereocenters. The summed E-state index contributed by atoms with van der Waals surface area (Å²) in [6.07, 6.45) is 7.83. The zero-order chi connectivity index (χ0) is 44.3. The second-order valence-electron chi connectivity index (χ2n) is 16.1. The van der Waals surface area contributed by atoms with E-state index in [1.807, 2.05) is 61.5 Å². The molecule has 7 rings (SSSR count). The number of nitro benzene ring substituents is 1. The number of nitrogens with zero attached hydrogens (tertiary/aromatic N) is 3. The molecule has 334 valence electrons. The molecule has 2 aliphatic carbocycles. The molecule has 1 saturated carbocycles. The van der Waals surface area contributed by atoms with Crippen LogP contribution in [0.3, 0.4) is 0 Å². The second-order valence-corrected chi connectivity index (χ2v) is 16.5. The Morgan fingerprint density at radius 2 is 1.78 bits per heavy atom. The van der Waals surface area contributed by atoms with Crippen LogP contribution in [-0.2, 0) is 20.9 Å². The number of carbonyl (C=O) groups excluding carboxylic acids is 1. The van der Waals surface area contributed by atoms with Gasteiger partial charge in [-0.1, -0.05) is 78.7 Å². The summed E-state index contributed by atoms with van der Waals surface area (Å²) in [5.74, 6) is -1.05. The Morgan fingerprint density at radius 3 is 2.54 bits per heavy atom. The van der Waals surface area contributed by atoms with Crippen molar-refractivity contribution in [2.24, 2.45) is 22.9 Å². The van der Waals surface area contributed by atoms with E-state index in [-0.39, 0.29) is 68.7 Å². The van der Waals surface area contributed by atoms with Gasteiger partial charge in [-0.3, -0.25) is 15.0 Å². The van der Waals surface area contributed by atoms with Gasteiger partial charge in [-0.2, -0.15) is 0 Å². The summed E-state index contributed by atoms with van der Waals surface area (Å²) < 4.78 is 26.7. The van der Waals surface area contributed by atoms with Gasteiger partial charge in [0, 0.05) is 37.2 Å². The maximum Gasteiger partial charge on any atom is 0.410 e. The van der Waals surface area contributed by atoms with Gasteiger partial charge in [0.25, 0.3) is 5.69 Å². The number of rotatable bonds is 21. The number of fused-ring (bicyclic) bond motifs is 3. The van der Waals surface area contributed by atoms with E-state index in [0.29, 0.717) is 42.4 Å². The number of carbonyl (C=O) groups is 1. The van der Waals surface area contributed by atoms with Gasteiger partial charge in [0.05, 0.1) is 41.7 Å². The fraction of sp³-hybridized carbons (Fsp3) is 0.429. The lowest BCUT2D eigenvalue weighted by Crippen LogP contribution is -2.70. The standard InChI is InChI=1S/C49H56ClN3O10/c1-3-26-60-49-45(52(48(56)59-27-23-50)32-35-16-11-15-33-13-5-6-19-39(33)35)31-43(51-61-4-2)41-28-34(14-7-9-24-54)40(20-8-10-25-55)46(47(41)49)42-30-38(21-22-44(42)63-49)62-37-18-12-17-36(29-37)53(57)58/h3,5-6,11-13,15-19,21-22,28-30,34,40,45-47,54-55H,1,4,7-10,14,20,23-27,31-32H2,2H3. The molecule has 3 aliphatic rings. The van der Waals surface area contributed by atoms with E-state index in [2.05, 4.69) is 12.7 Å². The summed E-state index contributed by atoms with van der Waals surface area (Å²) >= 11 is 6.13. The quantitative estimate of drug-likeness (QED) is 0.0271. The third-order valence-corrected chi connectivity index (χ3v) is 12.5. The monoisotopic (exact) mass is 881 g/mol. The van der Waals surface area contributed by atoms with Crippen LogP contribution in [0.5, 0.6) is 17.2 Å². The van der Waals surface area contributed by atoms with Crippen molar-refractivity contribution >= 4 is 39.9 Å². The molecule has 13 nitrogen and oxygen atoms in total. The zero-order valence-electron chi connectivity index (χ0n) is 35.6. The molecule has 1 fully saturated rings. The van der Waals surface area contributed by atoms with Crippen LogP contribution in [-0.4, -0.2) is 82.6 Å². The second kappa shape index (κ2) is 21.3. The number of aliphatic hydroxyl groups is 2. The molecule has 4 aromatic rings. The first kappa shape index (κ1) is 45.6. The van der Waals surface area contributed by atoms with E-state index >= 15 is 0 Å².